The van der Waals surface area contributed by atoms with Crippen LogP contribution in [0, 0.1) is 29.6 Å². The SMILES string of the molecule is CCCCCCCC1CCC(c2ccc(CCC3CCC(C4CCC(CCCCCCC)CC4)CC3)cc2)CC1. The van der Waals surface area contributed by atoms with Gasteiger partial charge in [-0.05, 0) is 111 Å². The molecule has 0 aromatic heterocycles. The summed E-state index contributed by atoms with van der Waals surface area (Å²) in [5.41, 5.74) is 3.23. The van der Waals surface area contributed by atoms with Crippen molar-refractivity contribution in [1.29, 1.82) is 0 Å². The topological polar surface area (TPSA) is 0 Å². The Morgan fingerprint density at radius 3 is 1.35 bits per heavy atom. The third-order valence-electron chi connectivity index (χ3n) is 12.0. The van der Waals surface area contributed by atoms with E-state index in [0.717, 1.165) is 35.5 Å². The van der Waals surface area contributed by atoms with Crippen molar-refractivity contribution in [2.75, 3.05) is 0 Å². The fourth-order valence-electron chi connectivity index (χ4n) is 9.08. The Labute approximate surface area is 251 Å². The number of aryl methyl sites for hydroxylation is 1. The average molecular weight is 549 g/mol. The molecule has 0 N–H and O–H groups in total. The van der Waals surface area contributed by atoms with Crippen molar-refractivity contribution in [3.63, 3.8) is 0 Å². The van der Waals surface area contributed by atoms with Crippen LogP contribution in [-0.2, 0) is 6.42 Å². The second kappa shape index (κ2) is 18.7. The number of unbranched alkanes of at least 4 members (excludes halogenated alkanes) is 8. The lowest BCUT2D eigenvalue weighted by Crippen LogP contribution is -2.26. The monoisotopic (exact) mass is 549 g/mol. The largest absolute Gasteiger partial charge is 0.0654 e. The van der Waals surface area contributed by atoms with Gasteiger partial charge in [0.25, 0.3) is 0 Å². The van der Waals surface area contributed by atoms with Crippen molar-refractivity contribution in [3.05, 3.63) is 35.4 Å². The molecule has 0 bridgehead atoms. The molecule has 0 atom stereocenters. The summed E-state index contributed by atoms with van der Waals surface area (Å²) in [4.78, 5) is 0. The fraction of sp³-hybridized carbons (Fsp3) is 0.850. The maximum atomic E-state index is 2.50. The maximum absolute atomic E-state index is 2.50. The standard InChI is InChI=1S/C40H68/c1-3-5-7-9-11-13-33-17-25-37(26-18-33)39-29-21-35(22-30-39)15-16-36-23-31-40(32-24-36)38-27-19-34(20-28-38)14-12-10-8-6-4-2/h21-22,29-30,33-34,36-38,40H,3-20,23-28,31-32H2,1-2H3. The molecule has 3 aliphatic rings. The highest BCUT2D eigenvalue weighted by Gasteiger charge is 2.30. The zero-order valence-corrected chi connectivity index (χ0v) is 27.2. The van der Waals surface area contributed by atoms with E-state index in [1.54, 1.807) is 36.8 Å². The van der Waals surface area contributed by atoms with Gasteiger partial charge in [-0.3, -0.25) is 0 Å². The molecule has 3 saturated carbocycles. The zero-order chi connectivity index (χ0) is 27.8. The van der Waals surface area contributed by atoms with Crippen LogP contribution in [0.2, 0.25) is 0 Å². The van der Waals surface area contributed by atoms with Crippen LogP contribution < -0.4 is 0 Å². The smallest absolute Gasteiger partial charge is 0.0162 e. The summed E-state index contributed by atoms with van der Waals surface area (Å²) in [5, 5.41) is 0. The predicted molar refractivity (Wildman–Crippen MR) is 177 cm³/mol. The molecule has 40 heavy (non-hydrogen) atoms. The molecule has 0 saturated heterocycles. The minimum atomic E-state index is 0.835. The Balaban J connectivity index is 1.06. The first-order chi connectivity index (χ1) is 19.7. The van der Waals surface area contributed by atoms with Gasteiger partial charge >= 0.3 is 0 Å². The molecule has 3 aliphatic carbocycles. The van der Waals surface area contributed by atoms with Crippen molar-refractivity contribution in [1.82, 2.24) is 0 Å². The van der Waals surface area contributed by atoms with E-state index in [-0.39, 0.29) is 0 Å². The van der Waals surface area contributed by atoms with E-state index in [1.807, 2.05) is 0 Å². The molecular weight excluding hydrogens is 480 g/mol. The van der Waals surface area contributed by atoms with Crippen LogP contribution in [0.5, 0.6) is 0 Å². The number of rotatable bonds is 17. The second-order valence-corrected chi connectivity index (χ2v) is 15.0. The predicted octanol–water partition coefficient (Wildman–Crippen LogP) is 13.2. The molecule has 228 valence electrons. The van der Waals surface area contributed by atoms with Crippen molar-refractivity contribution in [3.8, 4) is 0 Å². The first-order valence-corrected chi connectivity index (χ1v) is 18.8. The van der Waals surface area contributed by atoms with Crippen LogP contribution in [0.1, 0.15) is 191 Å². The number of hydrogen-bond donors (Lipinski definition) is 0. The van der Waals surface area contributed by atoms with E-state index >= 15 is 0 Å². The Hall–Kier alpha value is -0.780. The first kappa shape index (κ1) is 32.1. The Morgan fingerprint density at radius 2 is 0.875 bits per heavy atom. The van der Waals surface area contributed by atoms with Crippen LogP contribution in [0.3, 0.4) is 0 Å². The van der Waals surface area contributed by atoms with Crippen LogP contribution >= 0.6 is 0 Å². The molecule has 3 fully saturated rings. The normalized spacial score (nSPS) is 29.4. The van der Waals surface area contributed by atoms with Crippen molar-refractivity contribution >= 4 is 0 Å². The third-order valence-corrected chi connectivity index (χ3v) is 12.0. The number of hydrogen-bond acceptors (Lipinski definition) is 0. The van der Waals surface area contributed by atoms with E-state index in [1.165, 1.54) is 141 Å². The van der Waals surface area contributed by atoms with E-state index in [2.05, 4.69) is 38.1 Å². The summed E-state index contributed by atoms with van der Waals surface area (Å²) >= 11 is 0. The van der Waals surface area contributed by atoms with E-state index in [0.29, 0.717) is 0 Å². The van der Waals surface area contributed by atoms with E-state index in [4.69, 9.17) is 0 Å². The lowest BCUT2D eigenvalue weighted by molar-refractivity contribution is 0.140. The maximum Gasteiger partial charge on any atom is -0.0162 e. The van der Waals surface area contributed by atoms with Gasteiger partial charge in [-0.1, -0.05) is 141 Å². The van der Waals surface area contributed by atoms with Crippen molar-refractivity contribution in [2.24, 2.45) is 29.6 Å². The lowest BCUT2D eigenvalue weighted by Gasteiger charge is -2.38. The van der Waals surface area contributed by atoms with Gasteiger partial charge in [0.2, 0.25) is 0 Å². The second-order valence-electron chi connectivity index (χ2n) is 15.0. The fourth-order valence-corrected chi connectivity index (χ4v) is 9.08. The van der Waals surface area contributed by atoms with Gasteiger partial charge in [0, 0.05) is 0 Å². The Kier molecular flexibility index (Phi) is 15.0. The van der Waals surface area contributed by atoms with Gasteiger partial charge in [0.15, 0.2) is 0 Å². The molecule has 0 heteroatoms. The minimum absolute atomic E-state index is 0.835. The molecular formula is C40H68. The zero-order valence-electron chi connectivity index (χ0n) is 27.2. The molecule has 4 rings (SSSR count). The Morgan fingerprint density at radius 1 is 0.450 bits per heavy atom. The van der Waals surface area contributed by atoms with Crippen molar-refractivity contribution < 1.29 is 0 Å². The molecule has 1 aromatic carbocycles. The summed E-state index contributed by atoms with van der Waals surface area (Å²) < 4.78 is 0. The highest BCUT2D eigenvalue weighted by Crippen LogP contribution is 2.43. The van der Waals surface area contributed by atoms with Gasteiger partial charge in [0.1, 0.15) is 0 Å². The number of benzene rings is 1. The van der Waals surface area contributed by atoms with Gasteiger partial charge in [-0.2, -0.15) is 0 Å². The molecule has 0 aliphatic heterocycles. The summed E-state index contributed by atoms with van der Waals surface area (Å²) in [5.74, 6) is 6.06. The molecule has 0 amide bonds. The molecule has 1 aromatic rings. The highest BCUT2D eigenvalue weighted by molar-refractivity contribution is 5.26. The van der Waals surface area contributed by atoms with E-state index < -0.39 is 0 Å². The van der Waals surface area contributed by atoms with Crippen LogP contribution in [0.25, 0.3) is 0 Å². The minimum Gasteiger partial charge on any atom is -0.0654 e. The molecule has 0 radical (unpaired) electrons. The molecule has 0 unspecified atom stereocenters. The van der Waals surface area contributed by atoms with Gasteiger partial charge in [0.05, 0.1) is 0 Å². The summed E-state index contributed by atoms with van der Waals surface area (Å²) in [6.45, 7) is 4.65. The molecule has 0 nitrogen and oxygen atoms in total. The first-order valence-electron chi connectivity index (χ1n) is 18.8. The summed E-state index contributed by atoms with van der Waals surface area (Å²) in [7, 11) is 0. The summed E-state index contributed by atoms with van der Waals surface area (Å²) in [6, 6.07) is 9.99. The van der Waals surface area contributed by atoms with Crippen LogP contribution in [0.15, 0.2) is 24.3 Å². The average Bonchev–Trinajstić information content (AvgIpc) is 3.01. The van der Waals surface area contributed by atoms with Gasteiger partial charge < -0.3 is 0 Å². The third kappa shape index (κ3) is 11.1. The van der Waals surface area contributed by atoms with Gasteiger partial charge in [-0.15, -0.1) is 0 Å². The summed E-state index contributed by atoms with van der Waals surface area (Å²) in [6.07, 6.45) is 38.4. The van der Waals surface area contributed by atoms with Crippen LogP contribution in [0.4, 0.5) is 0 Å². The highest BCUT2D eigenvalue weighted by atomic mass is 14.4. The van der Waals surface area contributed by atoms with E-state index in [9.17, 15) is 0 Å². The molecule has 0 spiro atoms. The quantitative estimate of drug-likeness (QED) is 0.170. The lowest BCUT2D eigenvalue weighted by atomic mass is 9.68. The molecule has 0 heterocycles. The van der Waals surface area contributed by atoms with Crippen molar-refractivity contribution in [2.45, 2.75) is 187 Å². The Bertz CT molecular complexity index is 737. The van der Waals surface area contributed by atoms with Crippen LogP contribution in [-0.4, -0.2) is 0 Å². The van der Waals surface area contributed by atoms with Gasteiger partial charge in [-0.25, -0.2) is 0 Å².